The van der Waals surface area contributed by atoms with Gasteiger partial charge in [-0.25, -0.2) is 9.78 Å². The van der Waals surface area contributed by atoms with Crippen LogP contribution >= 0.6 is 0 Å². The first-order valence-electron chi connectivity index (χ1n) is 12.6. The highest BCUT2D eigenvalue weighted by molar-refractivity contribution is 6.09. The second kappa shape index (κ2) is 11.7. The first kappa shape index (κ1) is 27.2. The van der Waals surface area contributed by atoms with Crippen LogP contribution in [0.3, 0.4) is 0 Å². The highest BCUT2D eigenvalue weighted by atomic mass is 16.5. The maximum atomic E-state index is 11.7. The molecule has 0 radical (unpaired) electrons. The number of imidazole rings is 1. The van der Waals surface area contributed by atoms with Crippen molar-refractivity contribution in [1.82, 2.24) is 9.97 Å². The molecule has 8 nitrogen and oxygen atoms in total. The van der Waals surface area contributed by atoms with Gasteiger partial charge in [-0.15, -0.1) is 0 Å². The third kappa shape index (κ3) is 6.18. The van der Waals surface area contributed by atoms with Gasteiger partial charge in [-0.1, -0.05) is 48.5 Å². The molecule has 4 rings (SSSR count). The second-order valence-corrected chi connectivity index (χ2v) is 9.46. The van der Waals surface area contributed by atoms with Gasteiger partial charge in [-0.2, -0.15) is 0 Å². The van der Waals surface area contributed by atoms with Gasteiger partial charge in [0, 0.05) is 56.3 Å². The summed E-state index contributed by atoms with van der Waals surface area (Å²) in [6.45, 7) is 1.86. The van der Waals surface area contributed by atoms with E-state index in [2.05, 4.69) is 63.3 Å². The number of carbonyl (C=O) groups excluding carboxylic acids is 1. The van der Waals surface area contributed by atoms with Crippen LogP contribution in [-0.4, -0.2) is 61.6 Å². The lowest BCUT2D eigenvalue weighted by atomic mass is 10.0. The average molecular weight is 525 g/mol. The molecule has 0 fully saturated rings. The van der Waals surface area contributed by atoms with E-state index in [0.717, 1.165) is 39.5 Å². The molecule has 0 aliphatic carbocycles. The number of allylic oxidation sites excluding steroid dienone is 1. The molecule has 1 heterocycles. The van der Waals surface area contributed by atoms with Crippen molar-refractivity contribution in [1.29, 1.82) is 5.41 Å². The predicted octanol–water partition coefficient (Wildman–Crippen LogP) is 5.08. The summed E-state index contributed by atoms with van der Waals surface area (Å²) in [6.07, 6.45) is 1.20. The normalized spacial score (nSPS) is 11.3. The summed E-state index contributed by atoms with van der Waals surface area (Å²) in [4.78, 5) is 24.4. The number of aromatic nitrogens is 2. The van der Waals surface area contributed by atoms with Crippen molar-refractivity contribution in [3.63, 3.8) is 0 Å². The summed E-state index contributed by atoms with van der Waals surface area (Å²) in [6, 6.07) is 24.0. The Morgan fingerprint density at radius 3 is 1.90 bits per heavy atom. The lowest BCUT2D eigenvalue weighted by Gasteiger charge is -2.13. The van der Waals surface area contributed by atoms with Crippen molar-refractivity contribution in [3.05, 3.63) is 90.2 Å². The first-order valence-corrected chi connectivity index (χ1v) is 12.6. The number of anilines is 2. The van der Waals surface area contributed by atoms with Crippen LogP contribution < -0.4 is 9.80 Å². The van der Waals surface area contributed by atoms with Crippen LogP contribution in [-0.2, 0) is 9.53 Å². The van der Waals surface area contributed by atoms with Gasteiger partial charge in [0.25, 0.3) is 0 Å². The van der Waals surface area contributed by atoms with E-state index in [-0.39, 0.29) is 18.1 Å². The Kier molecular flexibility index (Phi) is 8.15. The van der Waals surface area contributed by atoms with Gasteiger partial charge >= 0.3 is 11.7 Å². The molecule has 0 aliphatic rings. The van der Waals surface area contributed by atoms with Gasteiger partial charge < -0.3 is 24.6 Å². The minimum atomic E-state index is -0.744. The van der Waals surface area contributed by atoms with Crippen LogP contribution in [0.15, 0.2) is 84.6 Å². The molecule has 0 spiro atoms. The molecule has 39 heavy (non-hydrogen) atoms. The number of rotatable bonds is 9. The molecule has 0 unspecified atom stereocenters. The van der Waals surface area contributed by atoms with Crippen LogP contribution in [0, 0.1) is 5.41 Å². The van der Waals surface area contributed by atoms with E-state index in [1.54, 1.807) is 19.1 Å². The second-order valence-electron chi connectivity index (χ2n) is 9.46. The lowest BCUT2D eigenvalue weighted by Crippen LogP contribution is -2.09. The maximum Gasteiger partial charge on any atom is 0.427 e. The zero-order chi connectivity index (χ0) is 28.1. The summed E-state index contributed by atoms with van der Waals surface area (Å²) in [5.74, 6) is -0.395. The number of aromatic amines is 1. The van der Waals surface area contributed by atoms with E-state index in [0.29, 0.717) is 11.4 Å². The molecule has 4 N–H and O–H groups in total. The highest BCUT2D eigenvalue weighted by Gasteiger charge is 2.18. The van der Waals surface area contributed by atoms with Crippen LogP contribution in [0.1, 0.15) is 12.5 Å². The van der Waals surface area contributed by atoms with Crippen molar-refractivity contribution in [2.24, 2.45) is 0 Å². The van der Waals surface area contributed by atoms with Gasteiger partial charge in [0.2, 0.25) is 0 Å². The van der Waals surface area contributed by atoms with Crippen molar-refractivity contribution in [2.75, 3.05) is 44.6 Å². The predicted molar refractivity (Wildman–Crippen MR) is 159 cm³/mol. The molecule has 8 heteroatoms. The van der Waals surface area contributed by atoms with Gasteiger partial charge in [0.15, 0.2) is 0 Å². The fourth-order valence-electron chi connectivity index (χ4n) is 4.07. The van der Waals surface area contributed by atoms with Crippen molar-refractivity contribution < 1.29 is 14.6 Å². The Morgan fingerprint density at radius 1 is 0.872 bits per heavy atom. The fraction of sp³-hybridized carbons (Fsp3) is 0.194. The molecule has 0 amide bonds. The Hall–Kier alpha value is -4.85. The molecular formula is C31H34N5O3+. The Labute approximate surface area is 228 Å². The Balaban J connectivity index is 1.70. The van der Waals surface area contributed by atoms with E-state index in [1.165, 1.54) is 6.08 Å². The van der Waals surface area contributed by atoms with E-state index >= 15 is 0 Å². The zero-order valence-electron chi connectivity index (χ0n) is 22.9. The first-order chi connectivity index (χ1) is 18.7. The van der Waals surface area contributed by atoms with Crippen molar-refractivity contribution in [3.8, 4) is 33.9 Å². The van der Waals surface area contributed by atoms with E-state index < -0.39 is 5.97 Å². The standard InChI is InChI=1S/C31H33N5O3/c1-6-39-31(38)27(37)19-26(32)20-7-9-23(10-8-20)30-33-28(21-11-15-24(16-12-21)35(2)3)29(34-30)22-13-17-25(18-14-22)36(4)5/h7-19,32,37H,6H2,1-5H3,(H,33,34)/p+1/b27-19-,32-26?. The molecule has 0 saturated heterocycles. The van der Waals surface area contributed by atoms with Gasteiger partial charge in [0.05, 0.1) is 29.8 Å². The SMILES string of the molecule is CCOC(=O)/C([OH2+])=C/C(=N)c1ccc(-c2nc(-c3ccc(N(C)C)cc3)c(-c3ccc(N(C)C)cc3)[nH]2)cc1. The Bertz CT molecular complexity index is 1410. The number of nitrogens with one attached hydrogen (secondary N) is 2. The smallest absolute Gasteiger partial charge is 0.427 e. The Morgan fingerprint density at radius 2 is 1.38 bits per heavy atom. The molecule has 200 valence electrons. The van der Waals surface area contributed by atoms with Crippen LogP contribution in [0.5, 0.6) is 0 Å². The van der Waals surface area contributed by atoms with E-state index in [9.17, 15) is 4.79 Å². The van der Waals surface area contributed by atoms with E-state index in [4.69, 9.17) is 20.2 Å². The molecule has 3 aromatic carbocycles. The van der Waals surface area contributed by atoms with Crippen LogP contribution in [0.25, 0.3) is 33.9 Å². The summed E-state index contributed by atoms with van der Waals surface area (Å²) in [5, 5.41) is 16.1. The molecule has 0 bridgehead atoms. The third-order valence-corrected chi connectivity index (χ3v) is 6.29. The number of carbonyl (C=O) groups is 1. The van der Waals surface area contributed by atoms with E-state index in [1.807, 2.05) is 40.3 Å². The fourth-order valence-corrected chi connectivity index (χ4v) is 4.07. The quantitative estimate of drug-likeness (QED) is 0.104. The summed E-state index contributed by atoms with van der Waals surface area (Å²) < 4.78 is 4.83. The molecule has 0 aliphatic heterocycles. The zero-order valence-corrected chi connectivity index (χ0v) is 22.9. The number of H-pyrrole nitrogens is 1. The molecule has 0 atom stereocenters. The average Bonchev–Trinajstić information content (AvgIpc) is 3.39. The van der Waals surface area contributed by atoms with Crippen LogP contribution in [0.4, 0.5) is 11.4 Å². The summed E-state index contributed by atoms with van der Waals surface area (Å²) in [7, 11) is 8.06. The van der Waals surface area contributed by atoms with Crippen molar-refractivity contribution in [2.45, 2.75) is 6.92 Å². The molecular weight excluding hydrogens is 490 g/mol. The number of hydrogen-bond donors (Lipinski definition) is 2. The number of benzene rings is 3. The number of hydrogen-bond acceptors (Lipinski definition) is 6. The van der Waals surface area contributed by atoms with Gasteiger partial charge in [-0.05, 0) is 36.8 Å². The van der Waals surface area contributed by atoms with Crippen LogP contribution in [0.2, 0.25) is 0 Å². The molecule has 4 aromatic rings. The molecule has 0 saturated carbocycles. The lowest BCUT2D eigenvalue weighted by molar-refractivity contribution is -0.141. The topological polar surface area (TPSA) is 108 Å². The maximum absolute atomic E-state index is 11.7. The van der Waals surface area contributed by atoms with Gasteiger partial charge in [-0.3, -0.25) is 5.41 Å². The minimum absolute atomic E-state index is 0.0578. The van der Waals surface area contributed by atoms with Crippen molar-refractivity contribution >= 4 is 23.1 Å². The summed E-state index contributed by atoms with van der Waals surface area (Å²) >= 11 is 0. The monoisotopic (exact) mass is 524 g/mol. The highest BCUT2D eigenvalue weighted by Crippen LogP contribution is 2.34. The number of nitrogens with zero attached hydrogens (tertiary/aromatic N) is 3. The number of esters is 1. The molecule has 1 aromatic heterocycles. The minimum Gasteiger partial charge on any atom is -0.588 e. The number of ether oxygens (including phenoxy) is 1. The third-order valence-electron chi connectivity index (χ3n) is 6.29. The summed E-state index contributed by atoms with van der Waals surface area (Å²) in [5.41, 5.74) is 7.51. The van der Waals surface area contributed by atoms with Gasteiger partial charge in [0.1, 0.15) is 5.82 Å². The largest absolute Gasteiger partial charge is 0.588 e.